The van der Waals surface area contributed by atoms with Gasteiger partial charge in [-0.1, -0.05) is 0 Å². The van der Waals surface area contributed by atoms with E-state index in [0.717, 1.165) is 0 Å². The Bertz CT molecular complexity index is 708. The molecule has 2 aromatic rings. The Kier molecular flexibility index (Phi) is 3.70. The van der Waals surface area contributed by atoms with Crippen LogP contribution in [0.15, 0.2) is 24.3 Å². The summed E-state index contributed by atoms with van der Waals surface area (Å²) in [6.07, 6.45) is 0. The van der Waals surface area contributed by atoms with Gasteiger partial charge in [-0.2, -0.15) is 0 Å². The summed E-state index contributed by atoms with van der Waals surface area (Å²) in [7, 11) is 0. The molecule has 0 atom stereocenters. The second-order valence-electron chi connectivity index (χ2n) is 4.14. The minimum Gasteiger partial charge on any atom is -0.399 e. The molecule has 110 valence electrons. The monoisotopic (exact) mass is 299 g/mol. The largest absolute Gasteiger partial charge is 0.399 e. The summed E-state index contributed by atoms with van der Waals surface area (Å²) in [4.78, 5) is 11.9. The van der Waals surface area contributed by atoms with Gasteiger partial charge in [0, 0.05) is 17.4 Å². The Morgan fingerprint density at radius 1 is 0.952 bits per heavy atom. The zero-order valence-electron chi connectivity index (χ0n) is 10.4. The van der Waals surface area contributed by atoms with Gasteiger partial charge in [0.2, 0.25) is 0 Å². The van der Waals surface area contributed by atoms with E-state index >= 15 is 0 Å². The summed E-state index contributed by atoms with van der Waals surface area (Å²) in [5.74, 6) is -7.72. The Balaban J connectivity index is 2.41. The van der Waals surface area contributed by atoms with Gasteiger partial charge in [0.25, 0.3) is 5.91 Å². The second kappa shape index (κ2) is 5.31. The number of hydrogen-bond donors (Lipinski definition) is 3. The molecular weight excluding hydrogens is 290 g/mol. The normalized spacial score (nSPS) is 10.5. The number of carbonyl (C=O) groups excluding carboxylic acids is 1. The molecule has 2 aromatic carbocycles. The smallest absolute Gasteiger partial charge is 0.257 e. The topological polar surface area (TPSA) is 81.1 Å². The van der Waals surface area contributed by atoms with Gasteiger partial charge in [-0.25, -0.2) is 17.6 Å². The van der Waals surface area contributed by atoms with E-state index in [0.29, 0.717) is 0 Å². The van der Waals surface area contributed by atoms with Crippen molar-refractivity contribution in [2.75, 3.05) is 16.8 Å². The van der Waals surface area contributed by atoms with E-state index < -0.39 is 34.9 Å². The molecule has 0 radical (unpaired) electrons. The number of carbonyl (C=O) groups is 1. The van der Waals surface area contributed by atoms with E-state index in [1.807, 2.05) is 0 Å². The molecule has 0 aliphatic heterocycles. The molecule has 0 spiro atoms. The SMILES string of the molecule is Nc1ccc(C(=O)Nc2c(F)c(F)cc(F)c2F)c(N)c1. The summed E-state index contributed by atoms with van der Waals surface area (Å²) in [6, 6.07) is 3.85. The quantitative estimate of drug-likeness (QED) is 0.453. The maximum absolute atomic E-state index is 13.4. The number of nitrogens with one attached hydrogen (secondary N) is 1. The number of nitrogen functional groups attached to an aromatic ring is 2. The molecule has 4 nitrogen and oxygen atoms in total. The van der Waals surface area contributed by atoms with Crippen LogP contribution in [0.25, 0.3) is 0 Å². The summed E-state index contributed by atoms with van der Waals surface area (Å²) < 4.78 is 52.9. The Morgan fingerprint density at radius 3 is 2.05 bits per heavy atom. The van der Waals surface area contributed by atoms with Crippen LogP contribution in [0.2, 0.25) is 0 Å². The van der Waals surface area contributed by atoms with Crippen LogP contribution in [0.5, 0.6) is 0 Å². The number of nitrogens with two attached hydrogens (primary N) is 2. The van der Waals surface area contributed by atoms with E-state index in [1.54, 1.807) is 5.32 Å². The van der Waals surface area contributed by atoms with Crippen molar-refractivity contribution in [3.63, 3.8) is 0 Å². The molecular formula is C13H9F4N3O. The predicted molar refractivity (Wildman–Crippen MR) is 69.5 cm³/mol. The van der Waals surface area contributed by atoms with Crippen molar-refractivity contribution in [3.8, 4) is 0 Å². The van der Waals surface area contributed by atoms with E-state index in [9.17, 15) is 22.4 Å². The molecule has 0 aromatic heterocycles. The second-order valence-corrected chi connectivity index (χ2v) is 4.14. The minimum absolute atomic E-state index is 0.0396. The molecule has 0 unspecified atom stereocenters. The Hall–Kier alpha value is -2.77. The average Bonchev–Trinajstić information content (AvgIpc) is 2.41. The van der Waals surface area contributed by atoms with Gasteiger partial charge in [-0.3, -0.25) is 4.79 Å². The molecule has 0 aliphatic rings. The number of halogens is 4. The molecule has 0 heterocycles. The highest BCUT2D eigenvalue weighted by atomic mass is 19.2. The minimum atomic E-state index is -1.71. The van der Waals surface area contributed by atoms with E-state index in [1.165, 1.54) is 18.2 Å². The van der Waals surface area contributed by atoms with Crippen molar-refractivity contribution < 1.29 is 22.4 Å². The number of benzene rings is 2. The van der Waals surface area contributed by atoms with Crippen molar-refractivity contribution in [3.05, 3.63) is 53.1 Å². The fourth-order valence-electron chi connectivity index (χ4n) is 1.65. The van der Waals surface area contributed by atoms with Crippen LogP contribution in [-0.2, 0) is 0 Å². The van der Waals surface area contributed by atoms with Crippen molar-refractivity contribution >= 4 is 23.0 Å². The Morgan fingerprint density at radius 2 is 1.52 bits per heavy atom. The standard InChI is InChI=1S/C13H9F4N3O/c14-7-4-8(15)11(17)12(10(7)16)20-13(21)6-2-1-5(18)3-9(6)19/h1-4H,18-19H2,(H,20,21). The molecule has 8 heteroatoms. The van der Waals surface area contributed by atoms with E-state index in [4.69, 9.17) is 11.5 Å². The van der Waals surface area contributed by atoms with Crippen LogP contribution >= 0.6 is 0 Å². The first kappa shape index (κ1) is 14.6. The lowest BCUT2D eigenvalue weighted by molar-refractivity contribution is 0.102. The van der Waals surface area contributed by atoms with Crippen molar-refractivity contribution in [2.45, 2.75) is 0 Å². The molecule has 0 saturated heterocycles. The lowest BCUT2D eigenvalue weighted by Gasteiger charge is -2.10. The van der Waals surface area contributed by atoms with Crippen LogP contribution in [0.3, 0.4) is 0 Å². The molecule has 5 N–H and O–H groups in total. The van der Waals surface area contributed by atoms with Crippen LogP contribution in [0.1, 0.15) is 10.4 Å². The van der Waals surface area contributed by atoms with Gasteiger partial charge in [0.05, 0.1) is 5.56 Å². The first-order valence-electron chi connectivity index (χ1n) is 5.60. The molecule has 1 amide bonds. The van der Waals surface area contributed by atoms with Crippen LogP contribution < -0.4 is 16.8 Å². The van der Waals surface area contributed by atoms with Gasteiger partial charge < -0.3 is 16.8 Å². The summed E-state index contributed by atoms with van der Waals surface area (Å²) in [5, 5.41) is 1.75. The number of hydrogen-bond acceptors (Lipinski definition) is 3. The van der Waals surface area contributed by atoms with Gasteiger partial charge in [-0.15, -0.1) is 0 Å². The zero-order valence-corrected chi connectivity index (χ0v) is 10.4. The first-order chi connectivity index (χ1) is 9.81. The zero-order chi connectivity index (χ0) is 15.7. The third-order valence-corrected chi connectivity index (χ3v) is 2.67. The fraction of sp³-hybridized carbons (Fsp3) is 0. The maximum atomic E-state index is 13.4. The molecule has 21 heavy (non-hydrogen) atoms. The fourth-order valence-corrected chi connectivity index (χ4v) is 1.65. The van der Waals surface area contributed by atoms with Gasteiger partial charge in [0.15, 0.2) is 23.3 Å². The molecule has 0 aliphatic carbocycles. The lowest BCUT2D eigenvalue weighted by Crippen LogP contribution is -2.17. The van der Waals surface area contributed by atoms with Crippen molar-refractivity contribution in [1.82, 2.24) is 0 Å². The van der Waals surface area contributed by atoms with Gasteiger partial charge >= 0.3 is 0 Å². The molecule has 0 saturated carbocycles. The highest BCUT2D eigenvalue weighted by Crippen LogP contribution is 2.25. The predicted octanol–water partition coefficient (Wildman–Crippen LogP) is 2.66. The average molecular weight is 299 g/mol. The van der Waals surface area contributed by atoms with Crippen LogP contribution in [-0.4, -0.2) is 5.91 Å². The lowest BCUT2D eigenvalue weighted by atomic mass is 10.1. The summed E-state index contributed by atoms with van der Waals surface area (Å²) in [5.41, 5.74) is 9.82. The Labute approximate surface area is 116 Å². The molecule has 0 bridgehead atoms. The molecule has 2 rings (SSSR count). The number of anilines is 3. The third kappa shape index (κ3) is 2.73. The highest BCUT2D eigenvalue weighted by molar-refractivity contribution is 6.08. The first-order valence-corrected chi connectivity index (χ1v) is 5.60. The van der Waals surface area contributed by atoms with E-state index in [-0.39, 0.29) is 23.0 Å². The maximum Gasteiger partial charge on any atom is 0.257 e. The van der Waals surface area contributed by atoms with Crippen LogP contribution in [0, 0.1) is 23.3 Å². The number of rotatable bonds is 2. The van der Waals surface area contributed by atoms with Crippen LogP contribution in [0.4, 0.5) is 34.6 Å². The van der Waals surface area contributed by atoms with E-state index in [2.05, 4.69) is 0 Å². The summed E-state index contributed by atoms with van der Waals surface area (Å²) >= 11 is 0. The highest BCUT2D eigenvalue weighted by Gasteiger charge is 2.22. The summed E-state index contributed by atoms with van der Waals surface area (Å²) in [6.45, 7) is 0. The van der Waals surface area contributed by atoms with Crippen molar-refractivity contribution in [1.29, 1.82) is 0 Å². The third-order valence-electron chi connectivity index (χ3n) is 2.67. The molecule has 0 fully saturated rings. The number of amides is 1. The van der Waals surface area contributed by atoms with Gasteiger partial charge in [-0.05, 0) is 18.2 Å². The van der Waals surface area contributed by atoms with Gasteiger partial charge in [0.1, 0.15) is 5.69 Å². The van der Waals surface area contributed by atoms with Crippen molar-refractivity contribution in [2.24, 2.45) is 0 Å².